The number of anilines is 1. The molecule has 5 heteroatoms. The van der Waals surface area contributed by atoms with E-state index in [1.807, 2.05) is 37.3 Å². The molecule has 0 aliphatic carbocycles. The lowest BCUT2D eigenvalue weighted by molar-refractivity contribution is 0.0952. The van der Waals surface area contributed by atoms with Crippen LogP contribution in [0.15, 0.2) is 77.3 Å². The van der Waals surface area contributed by atoms with Crippen LogP contribution in [0.5, 0.6) is 0 Å². The summed E-state index contributed by atoms with van der Waals surface area (Å²) in [6.45, 7) is 2.44. The predicted molar refractivity (Wildman–Crippen MR) is 111 cm³/mol. The highest BCUT2D eigenvalue weighted by Gasteiger charge is 2.14. The van der Waals surface area contributed by atoms with E-state index in [1.165, 1.54) is 5.56 Å². The predicted octanol–water partition coefficient (Wildman–Crippen LogP) is 4.94. The Kier molecular flexibility index (Phi) is 6.04. The van der Waals surface area contributed by atoms with Gasteiger partial charge in [-0.1, -0.05) is 64.0 Å². The van der Waals surface area contributed by atoms with Crippen LogP contribution in [0.4, 0.5) is 5.69 Å². The topological polar surface area (TPSA) is 58.2 Å². The van der Waals surface area contributed by atoms with Crippen molar-refractivity contribution >= 4 is 33.4 Å². The molecule has 0 heterocycles. The second-order valence-electron chi connectivity index (χ2n) is 6.18. The number of aryl methyl sites for hydroxylation is 1. The molecule has 0 aliphatic heterocycles. The lowest BCUT2D eigenvalue weighted by Gasteiger charge is -2.12. The molecular formula is C22H19BrN2O2. The second kappa shape index (κ2) is 8.64. The quantitative estimate of drug-likeness (QED) is 0.611. The molecule has 3 rings (SSSR count). The van der Waals surface area contributed by atoms with Crippen molar-refractivity contribution in [3.8, 4) is 0 Å². The molecule has 4 nitrogen and oxygen atoms in total. The summed E-state index contributed by atoms with van der Waals surface area (Å²) in [7, 11) is 0. The Balaban J connectivity index is 1.72. The third-order valence-electron chi connectivity index (χ3n) is 4.08. The van der Waals surface area contributed by atoms with E-state index in [0.717, 1.165) is 10.0 Å². The first-order chi connectivity index (χ1) is 13.0. The summed E-state index contributed by atoms with van der Waals surface area (Å²) in [4.78, 5) is 25.1. The Labute approximate surface area is 166 Å². The Hall–Kier alpha value is -2.92. The summed E-state index contributed by atoms with van der Waals surface area (Å²) >= 11 is 3.36. The van der Waals surface area contributed by atoms with Crippen LogP contribution in [-0.4, -0.2) is 11.8 Å². The minimum atomic E-state index is -0.268. The summed E-state index contributed by atoms with van der Waals surface area (Å²) in [5.74, 6) is -0.504. The van der Waals surface area contributed by atoms with Gasteiger partial charge in [0, 0.05) is 16.6 Å². The Morgan fingerprint density at radius 2 is 1.63 bits per heavy atom. The van der Waals surface area contributed by atoms with Gasteiger partial charge >= 0.3 is 0 Å². The number of amides is 2. The van der Waals surface area contributed by atoms with Gasteiger partial charge in [0.2, 0.25) is 0 Å². The first-order valence-electron chi connectivity index (χ1n) is 8.52. The maximum Gasteiger partial charge on any atom is 0.255 e. The van der Waals surface area contributed by atoms with Crippen molar-refractivity contribution in [3.63, 3.8) is 0 Å². The molecule has 0 aliphatic rings. The molecule has 0 saturated carbocycles. The number of benzene rings is 3. The lowest BCUT2D eigenvalue weighted by atomic mass is 10.1. The molecule has 3 aromatic carbocycles. The van der Waals surface area contributed by atoms with Gasteiger partial charge in [-0.05, 0) is 42.8 Å². The number of rotatable bonds is 5. The molecule has 2 amide bonds. The highest BCUT2D eigenvalue weighted by atomic mass is 79.9. The Morgan fingerprint density at radius 3 is 2.37 bits per heavy atom. The van der Waals surface area contributed by atoms with Crippen molar-refractivity contribution in [1.82, 2.24) is 5.32 Å². The average molecular weight is 423 g/mol. The van der Waals surface area contributed by atoms with Gasteiger partial charge in [-0.15, -0.1) is 0 Å². The smallest absolute Gasteiger partial charge is 0.255 e. The summed E-state index contributed by atoms with van der Waals surface area (Å²) in [5.41, 5.74) is 3.60. The van der Waals surface area contributed by atoms with Gasteiger partial charge in [0.1, 0.15) is 0 Å². The molecule has 3 aromatic rings. The molecule has 0 aromatic heterocycles. The van der Waals surface area contributed by atoms with Gasteiger partial charge in [-0.25, -0.2) is 0 Å². The summed E-state index contributed by atoms with van der Waals surface area (Å²) < 4.78 is 0.819. The van der Waals surface area contributed by atoms with Crippen LogP contribution >= 0.6 is 15.9 Å². The molecule has 136 valence electrons. The maximum absolute atomic E-state index is 12.6. The molecule has 0 fully saturated rings. The number of carbonyl (C=O) groups excluding carboxylic acids is 2. The zero-order chi connectivity index (χ0) is 19.2. The molecule has 27 heavy (non-hydrogen) atoms. The maximum atomic E-state index is 12.6. The first-order valence-corrected chi connectivity index (χ1v) is 9.32. The van der Waals surface area contributed by atoms with Gasteiger partial charge in [-0.2, -0.15) is 0 Å². The number of hydrogen-bond acceptors (Lipinski definition) is 2. The van der Waals surface area contributed by atoms with Crippen LogP contribution in [0.25, 0.3) is 0 Å². The van der Waals surface area contributed by atoms with Crippen LogP contribution in [0.3, 0.4) is 0 Å². The van der Waals surface area contributed by atoms with Crippen molar-refractivity contribution in [3.05, 3.63) is 99.5 Å². The van der Waals surface area contributed by atoms with Crippen molar-refractivity contribution in [2.24, 2.45) is 0 Å². The van der Waals surface area contributed by atoms with Gasteiger partial charge in [0.15, 0.2) is 0 Å². The zero-order valence-corrected chi connectivity index (χ0v) is 16.4. The van der Waals surface area contributed by atoms with E-state index in [2.05, 4.69) is 26.6 Å². The summed E-state index contributed by atoms with van der Waals surface area (Å²) in [6, 6.07) is 22.0. The average Bonchev–Trinajstić information content (AvgIpc) is 2.67. The third kappa shape index (κ3) is 5.05. The monoisotopic (exact) mass is 422 g/mol. The molecule has 2 N–H and O–H groups in total. The van der Waals surface area contributed by atoms with E-state index in [1.54, 1.807) is 42.5 Å². The molecular weight excluding hydrogens is 404 g/mol. The van der Waals surface area contributed by atoms with Crippen LogP contribution in [0.2, 0.25) is 0 Å². The highest BCUT2D eigenvalue weighted by Crippen LogP contribution is 2.18. The minimum Gasteiger partial charge on any atom is -0.348 e. The molecule has 0 saturated heterocycles. The van der Waals surface area contributed by atoms with E-state index in [0.29, 0.717) is 23.4 Å². The number of halogens is 1. The molecule has 0 radical (unpaired) electrons. The number of carbonyl (C=O) groups is 2. The second-order valence-corrected chi connectivity index (χ2v) is 7.09. The third-order valence-corrected chi connectivity index (χ3v) is 4.57. The summed E-state index contributed by atoms with van der Waals surface area (Å²) in [5, 5.41) is 5.72. The fourth-order valence-corrected chi connectivity index (χ4v) is 3.00. The standard InChI is InChI=1S/C22H19BrN2O2/c1-15-9-11-16(12-10-15)14-24-22(27)19-7-2-3-8-20(19)25-21(26)17-5-4-6-18(23)13-17/h2-13H,14H2,1H3,(H,24,27)(H,25,26). The normalized spacial score (nSPS) is 10.3. The van der Waals surface area contributed by atoms with Crippen molar-refractivity contribution in [2.75, 3.05) is 5.32 Å². The van der Waals surface area contributed by atoms with Gasteiger partial charge in [0.25, 0.3) is 11.8 Å². The van der Waals surface area contributed by atoms with Crippen LogP contribution in [0, 0.1) is 6.92 Å². The number of hydrogen-bond donors (Lipinski definition) is 2. The molecule has 0 atom stereocenters. The number of nitrogens with one attached hydrogen (secondary N) is 2. The Bertz CT molecular complexity index is 968. The highest BCUT2D eigenvalue weighted by molar-refractivity contribution is 9.10. The zero-order valence-electron chi connectivity index (χ0n) is 14.8. The van der Waals surface area contributed by atoms with Crippen molar-refractivity contribution in [1.29, 1.82) is 0 Å². The van der Waals surface area contributed by atoms with E-state index in [9.17, 15) is 9.59 Å². The lowest BCUT2D eigenvalue weighted by Crippen LogP contribution is -2.24. The van der Waals surface area contributed by atoms with E-state index in [-0.39, 0.29) is 11.8 Å². The van der Waals surface area contributed by atoms with Gasteiger partial charge < -0.3 is 10.6 Å². The SMILES string of the molecule is Cc1ccc(CNC(=O)c2ccccc2NC(=O)c2cccc(Br)c2)cc1. The van der Waals surface area contributed by atoms with E-state index < -0.39 is 0 Å². The van der Waals surface area contributed by atoms with Gasteiger partial charge in [0.05, 0.1) is 11.3 Å². The fourth-order valence-electron chi connectivity index (χ4n) is 2.60. The van der Waals surface area contributed by atoms with E-state index >= 15 is 0 Å². The van der Waals surface area contributed by atoms with Crippen LogP contribution in [-0.2, 0) is 6.54 Å². The first kappa shape index (κ1) is 18.9. The Morgan fingerprint density at radius 1 is 0.889 bits per heavy atom. The largest absolute Gasteiger partial charge is 0.348 e. The number of para-hydroxylation sites is 1. The van der Waals surface area contributed by atoms with Crippen LogP contribution < -0.4 is 10.6 Å². The van der Waals surface area contributed by atoms with Crippen LogP contribution in [0.1, 0.15) is 31.8 Å². The molecule has 0 bridgehead atoms. The molecule has 0 spiro atoms. The molecule has 0 unspecified atom stereocenters. The van der Waals surface area contributed by atoms with Gasteiger partial charge in [-0.3, -0.25) is 9.59 Å². The van der Waals surface area contributed by atoms with Crippen molar-refractivity contribution < 1.29 is 9.59 Å². The summed E-state index contributed by atoms with van der Waals surface area (Å²) in [6.07, 6.45) is 0. The van der Waals surface area contributed by atoms with E-state index in [4.69, 9.17) is 0 Å². The minimum absolute atomic E-state index is 0.235. The van der Waals surface area contributed by atoms with Crippen molar-refractivity contribution in [2.45, 2.75) is 13.5 Å². The fraction of sp³-hybridized carbons (Fsp3) is 0.0909.